The molecule has 0 fully saturated rings. The van der Waals surface area contributed by atoms with Crippen LogP contribution in [0.25, 0.3) is 0 Å². The molecular weight excluding hydrogens is 495 g/mol. The van der Waals surface area contributed by atoms with Gasteiger partial charge >= 0.3 is 31.7 Å². The van der Waals surface area contributed by atoms with Crippen molar-refractivity contribution in [2.24, 2.45) is 21.8 Å². The summed E-state index contributed by atoms with van der Waals surface area (Å²) >= 11 is 0. The number of aryl methyl sites for hydroxylation is 2. The van der Waals surface area contributed by atoms with Gasteiger partial charge in [-0.2, -0.15) is 0 Å². The summed E-state index contributed by atoms with van der Waals surface area (Å²) in [6, 6.07) is 0. The number of hydrogen-bond acceptors (Lipinski definition) is 10. The number of aromatic nitrogens is 4. The van der Waals surface area contributed by atoms with Gasteiger partial charge in [0.05, 0.1) is 0 Å². The Morgan fingerprint density at radius 3 is 1.50 bits per heavy atom. The standard InChI is InChI=1S/2C6H9N5O3.O.Tc/c2*7-5(9-12)1-2-10-3-6(8-4-10)11(13)14;;/h2*3-4,12H,1-2H2,(H2,7,9);;/q;;-2;+7/i;;;1+1. The summed E-state index contributed by atoms with van der Waals surface area (Å²) in [5, 5.41) is 42.5. The van der Waals surface area contributed by atoms with E-state index in [0.29, 0.717) is 25.9 Å². The SMILES string of the molecule is N/C(CCn1cnc([N+](=O)[O-])c1)=N\O.N/C(CCn1cnc([N+](=O)[O-])c1)=N\O.[99Tc+7].[O-2]. The van der Waals surface area contributed by atoms with Crippen LogP contribution in [-0.4, -0.2) is 51.0 Å². The monoisotopic (exact) mass is 513 g/mol. The third-order valence-electron chi connectivity index (χ3n) is 3.12. The summed E-state index contributed by atoms with van der Waals surface area (Å²) < 4.78 is 2.99. The smallest absolute Gasteiger partial charge is 2.00 e. The minimum absolute atomic E-state index is 0. The van der Waals surface area contributed by atoms with Gasteiger partial charge in [-0.15, -0.1) is 0 Å². The predicted octanol–water partition coefficient (Wildman–Crippen LogP) is -0.266. The first-order valence-electron chi connectivity index (χ1n) is 7.52. The van der Waals surface area contributed by atoms with Crippen molar-refractivity contribution >= 4 is 23.3 Å². The predicted molar refractivity (Wildman–Crippen MR) is 94.5 cm³/mol. The molecule has 30 heavy (non-hydrogen) atoms. The Bertz CT molecular complexity index is 795. The minimum atomic E-state index is -0.583. The summed E-state index contributed by atoms with van der Waals surface area (Å²) in [5.74, 6) is -0.295. The molecule has 0 amide bonds. The maximum atomic E-state index is 10.2. The van der Waals surface area contributed by atoms with Crippen molar-refractivity contribution in [2.45, 2.75) is 25.9 Å². The summed E-state index contributed by atoms with van der Waals surface area (Å²) in [6.45, 7) is 0.771. The average Bonchev–Trinajstić information content (AvgIpc) is 3.34. The Balaban J connectivity index is 0. The van der Waals surface area contributed by atoms with Crippen molar-refractivity contribution in [1.82, 2.24) is 19.1 Å². The average molecular weight is 513 g/mol. The van der Waals surface area contributed by atoms with Crippen LogP contribution in [-0.2, 0) is 38.7 Å². The number of oxime groups is 2. The fraction of sp³-hybridized carbons (Fsp3) is 0.333. The largest absolute Gasteiger partial charge is 7.00 e. The van der Waals surface area contributed by atoms with Crippen LogP contribution in [0.2, 0.25) is 0 Å². The van der Waals surface area contributed by atoms with Crippen molar-refractivity contribution in [3.8, 4) is 0 Å². The van der Waals surface area contributed by atoms with Crippen LogP contribution < -0.4 is 11.5 Å². The fourth-order valence-electron chi connectivity index (χ4n) is 1.72. The molecule has 2 aromatic heterocycles. The summed E-state index contributed by atoms with van der Waals surface area (Å²) in [7, 11) is 0. The Hall–Kier alpha value is -3.63. The van der Waals surface area contributed by atoms with E-state index in [9.17, 15) is 20.2 Å². The van der Waals surface area contributed by atoms with Gasteiger partial charge in [-0.3, -0.25) is 0 Å². The zero-order valence-corrected chi connectivity index (χ0v) is 17.0. The quantitative estimate of drug-likeness (QED) is 0.118. The molecule has 6 N–H and O–H groups in total. The Morgan fingerprint density at radius 2 is 1.27 bits per heavy atom. The van der Waals surface area contributed by atoms with E-state index in [2.05, 4.69) is 20.3 Å². The van der Waals surface area contributed by atoms with Gasteiger partial charge in [0, 0.05) is 25.9 Å². The van der Waals surface area contributed by atoms with E-state index in [0.717, 1.165) is 0 Å². The first-order chi connectivity index (χ1) is 13.3. The molecule has 0 aliphatic rings. The summed E-state index contributed by atoms with van der Waals surface area (Å²) in [4.78, 5) is 26.4. The van der Waals surface area contributed by atoms with Gasteiger partial charge in [0.2, 0.25) is 12.7 Å². The molecule has 2 rings (SSSR count). The van der Waals surface area contributed by atoms with Crippen LogP contribution in [0.5, 0.6) is 0 Å². The molecule has 0 radical (unpaired) electrons. The Morgan fingerprint density at radius 1 is 0.933 bits per heavy atom. The molecule has 0 atom stereocenters. The van der Waals surface area contributed by atoms with Crippen LogP contribution in [0.3, 0.4) is 0 Å². The molecular formula is C12H18N10O7Tc+5. The normalized spacial score (nSPS) is 10.8. The van der Waals surface area contributed by atoms with Gasteiger partial charge in [-0.1, -0.05) is 10.3 Å². The number of hydrogen-bond donors (Lipinski definition) is 4. The van der Waals surface area contributed by atoms with Crippen LogP contribution >= 0.6 is 0 Å². The second kappa shape index (κ2) is 14.4. The van der Waals surface area contributed by atoms with E-state index in [-0.39, 0.29) is 48.9 Å². The van der Waals surface area contributed by atoms with E-state index in [1.54, 1.807) is 0 Å². The van der Waals surface area contributed by atoms with Crippen molar-refractivity contribution < 1.29 is 45.8 Å². The van der Waals surface area contributed by atoms with Crippen LogP contribution in [0.4, 0.5) is 11.6 Å². The van der Waals surface area contributed by atoms with Crippen LogP contribution in [0.15, 0.2) is 35.4 Å². The summed E-state index contributed by atoms with van der Waals surface area (Å²) in [5.41, 5.74) is 10.4. The maximum Gasteiger partial charge on any atom is 7.00 e. The Kier molecular flexibility index (Phi) is 13.7. The number of nitrogens with two attached hydrogens (primary N) is 2. The molecule has 0 aliphatic heterocycles. The van der Waals surface area contributed by atoms with Crippen molar-refractivity contribution in [1.29, 1.82) is 0 Å². The van der Waals surface area contributed by atoms with E-state index in [4.69, 9.17) is 21.9 Å². The number of nitrogens with zero attached hydrogens (tertiary/aromatic N) is 8. The molecule has 160 valence electrons. The van der Waals surface area contributed by atoms with E-state index >= 15 is 0 Å². The first-order valence-corrected chi connectivity index (χ1v) is 7.52. The van der Waals surface area contributed by atoms with Crippen molar-refractivity contribution in [3.05, 3.63) is 45.3 Å². The fourth-order valence-corrected chi connectivity index (χ4v) is 1.72. The molecule has 18 heteroatoms. The van der Waals surface area contributed by atoms with Crippen LogP contribution in [0, 0.1) is 20.2 Å². The summed E-state index contributed by atoms with van der Waals surface area (Å²) in [6.07, 6.45) is 5.83. The topological polar surface area (TPSA) is 268 Å². The van der Waals surface area contributed by atoms with Gasteiger partial charge in [0.15, 0.2) is 0 Å². The van der Waals surface area contributed by atoms with Gasteiger partial charge in [-0.25, -0.2) is 0 Å². The van der Waals surface area contributed by atoms with Crippen molar-refractivity contribution in [3.63, 3.8) is 0 Å². The maximum absolute atomic E-state index is 10.2. The minimum Gasteiger partial charge on any atom is -2.00 e. The first kappa shape index (κ1) is 28.6. The van der Waals surface area contributed by atoms with Crippen LogP contribution in [0.1, 0.15) is 12.8 Å². The number of nitro groups is 2. The molecule has 2 heterocycles. The molecule has 0 bridgehead atoms. The zero-order chi connectivity index (χ0) is 21.1. The molecule has 0 aliphatic carbocycles. The molecule has 2 aromatic rings. The Labute approximate surface area is 181 Å². The molecule has 0 saturated carbocycles. The molecule has 0 unspecified atom stereocenters. The van der Waals surface area contributed by atoms with Gasteiger partial charge in [0.1, 0.15) is 24.1 Å². The molecule has 0 aromatic carbocycles. The molecule has 17 nitrogen and oxygen atoms in total. The van der Waals surface area contributed by atoms with Gasteiger partial charge < -0.3 is 56.7 Å². The van der Waals surface area contributed by atoms with Gasteiger partial charge in [-0.05, 0) is 19.8 Å². The third kappa shape index (κ3) is 10.1. The number of imidazole rings is 2. The second-order valence-corrected chi connectivity index (χ2v) is 5.14. The third-order valence-corrected chi connectivity index (χ3v) is 3.12. The second-order valence-electron chi connectivity index (χ2n) is 5.14. The number of rotatable bonds is 8. The molecule has 0 spiro atoms. The number of amidine groups is 2. The van der Waals surface area contributed by atoms with Gasteiger partial charge in [0.25, 0.3) is 0 Å². The van der Waals surface area contributed by atoms with E-state index < -0.39 is 9.85 Å². The zero-order valence-electron chi connectivity index (χ0n) is 15.2. The van der Waals surface area contributed by atoms with E-state index in [1.165, 1.54) is 34.2 Å². The van der Waals surface area contributed by atoms with Crippen molar-refractivity contribution in [2.75, 3.05) is 0 Å². The molecule has 0 saturated heterocycles. The van der Waals surface area contributed by atoms with E-state index in [1.807, 2.05) is 0 Å².